The Morgan fingerprint density at radius 2 is 2.22 bits per heavy atom. The van der Waals surface area contributed by atoms with Crippen LogP contribution in [-0.2, 0) is 4.79 Å². The highest BCUT2D eigenvalue weighted by atomic mass is 35.5. The lowest BCUT2D eigenvalue weighted by Crippen LogP contribution is -2.34. The van der Waals surface area contributed by atoms with Gasteiger partial charge in [0.25, 0.3) is 0 Å². The van der Waals surface area contributed by atoms with E-state index < -0.39 is 6.04 Å². The molecule has 0 heterocycles. The van der Waals surface area contributed by atoms with Gasteiger partial charge in [0.2, 0.25) is 5.91 Å². The highest BCUT2D eigenvalue weighted by Gasteiger charge is 2.11. The molecule has 5 heteroatoms. The van der Waals surface area contributed by atoms with Crippen molar-refractivity contribution in [3.05, 3.63) is 23.2 Å². The molecule has 1 amide bonds. The van der Waals surface area contributed by atoms with Crippen LogP contribution in [0.2, 0.25) is 5.02 Å². The molecule has 0 aliphatic rings. The van der Waals surface area contributed by atoms with Crippen LogP contribution in [0.4, 0.5) is 5.69 Å². The quantitative estimate of drug-likeness (QED) is 0.835. The van der Waals surface area contributed by atoms with Crippen molar-refractivity contribution in [1.29, 1.82) is 0 Å². The molecule has 0 radical (unpaired) electrons. The van der Waals surface area contributed by atoms with E-state index in [1.807, 2.05) is 13.8 Å². The average Bonchev–Trinajstić information content (AvgIpc) is 2.36. The molecular weight excluding hydrogens is 252 g/mol. The van der Waals surface area contributed by atoms with E-state index in [1.54, 1.807) is 18.2 Å². The van der Waals surface area contributed by atoms with Crippen LogP contribution in [0.1, 0.15) is 26.7 Å². The Morgan fingerprint density at radius 1 is 1.50 bits per heavy atom. The van der Waals surface area contributed by atoms with Gasteiger partial charge in [0.05, 0.1) is 17.7 Å². The van der Waals surface area contributed by atoms with Gasteiger partial charge >= 0.3 is 0 Å². The first kappa shape index (κ1) is 14.8. The van der Waals surface area contributed by atoms with Crippen molar-refractivity contribution in [3.63, 3.8) is 0 Å². The lowest BCUT2D eigenvalue weighted by atomic mass is 10.2. The van der Waals surface area contributed by atoms with Crippen molar-refractivity contribution in [2.45, 2.75) is 32.7 Å². The van der Waals surface area contributed by atoms with Crippen LogP contribution >= 0.6 is 11.6 Å². The van der Waals surface area contributed by atoms with Gasteiger partial charge < -0.3 is 15.8 Å². The Bertz CT molecular complexity index is 410. The Kier molecular flexibility index (Phi) is 5.95. The molecule has 1 aromatic carbocycles. The first-order valence-electron chi connectivity index (χ1n) is 6.07. The number of hydrogen-bond acceptors (Lipinski definition) is 3. The van der Waals surface area contributed by atoms with E-state index in [9.17, 15) is 4.79 Å². The second-order valence-electron chi connectivity index (χ2n) is 4.00. The monoisotopic (exact) mass is 270 g/mol. The molecular formula is C13H19ClN2O2. The summed E-state index contributed by atoms with van der Waals surface area (Å²) in [6, 6.07) is 4.65. The van der Waals surface area contributed by atoms with Gasteiger partial charge in [-0.3, -0.25) is 4.79 Å². The van der Waals surface area contributed by atoms with Crippen LogP contribution in [0.3, 0.4) is 0 Å². The molecule has 18 heavy (non-hydrogen) atoms. The molecule has 4 nitrogen and oxygen atoms in total. The average molecular weight is 271 g/mol. The van der Waals surface area contributed by atoms with E-state index in [2.05, 4.69) is 5.32 Å². The topological polar surface area (TPSA) is 64.3 Å². The number of anilines is 1. The Morgan fingerprint density at radius 3 is 2.78 bits per heavy atom. The van der Waals surface area contributed by atoms with Crippen molar-refractivity contribution in [1.82, 2.24) is 0 Å². The van der Waals surface area contributed by atoms with Gasteiger partial charge in [0, 0.05) is 5.69 Å². The predicted molar refractivity (Wildman–Crippen MR) is 74.1 cm³/mol. The van der Waals surface area contributed by atoms with E-state index in [1.165, 1.54) is 0 Å². The molecule has 0 fully saturated rings. The Hall–Kier alpha value is -1.26. The summed E-state index contributed by atoms with van der Waals surface area (Å²) in [5, 5.41) is 3.19. The molecule has 3 N–H and O–H groups in total. The van der Waals surface area contributed by atoms with E-state index in [0.717, 1.165) is 6.42 Å². The molecule has 0 aromatic heterocycles. The fourth-order valence-corrected chi connectivity index (χ4v) is 1.56. The third-order valence-corrected chi connectivity index (χ3v) is 2.73. The van der Waals surface area contributed by atoms with E-state index >= 15 is 0 Å². The number of benzene rings is 1. The summed E-state index contributed by atoms with van der Waals surface area (Å²) < 4.78 is 5.45. The molecule has 1 atom stereocenters. The van der Waals surface area contributed by atoms with E-state index in [-0.39, 0.29) is 5.91 Å². The normalized spacial score (nSPS) is 12.0. The van der Waals surface area contributed by atoms with Gasteiger partial charge in [0.1, 0.15) is 5.75 Å². The number of hydrogen-bond donors (Lipinski definition) is 2. The van der Waals surface area contributed by atoms with Crippen LogP contribution in [0.15, 0.2) is 18.2 Å². The second-order valence-corrected chi connectivity index (χ2v) is 4.40. The molecule has 1 aromatic rings. The molecule has 0 aliphatic carbocycles. The summed E-state index contributed by atoms with van der Waals surface area (Å²) in [6.07, 6.45) is 1.51. The number of nitrogens with one attached hydrogen (secondary N) is 1. The lowest BCUT2D eigenvalue weighted by Gasteiger charge is -2.12. The number of amides is 1. The predicted octanol–water partition coefficient (Wildman–Crippen LogP) is 2.80. The largest absolute Gasteiger partial charge is 0.492 e. The lowest BCUT2D eigenvalue weighted by molar-refractivity contribution is -0.117. The summed E-state index contributed by atoms with van der Waals surface area (Å²) in [7, 11) is 0. The SMILES string of the molecule is CCCOc1ccc(NC(=O)[C@@H](N)CC)cc1Cl. The van der Waals surface area contributed by atoms with Gasteiger partial charge in [-0.05, 0) is 31.0 Å². The second kappa shape index (κ2) is 7.24. The van der Waals surface area contributed by atoms with Crippen molar-refractivity contribution in [2.24, 2.45) is 5.73 Å². The van der Waals surface area contributed by atoms with Gasteiger partial charge in [-0.1, -0.05) is 25.4 Å². The smallest absolute Gasteiger partial charge is 0.241 e. The van der Waals surface area contributed by atoms with Crippen molar-refractivity contribution >= 4 is 23.2 Å². The maximum absolute atomic E-state index is 11.6. The zero-order valence-electron chi connectivity index (χ0n) is 10.7. The summed E-state index contributed by atoms with van der Waals surface area (Å²) in [6.45, 7) is 4.50. The number of rotatable bonds is 6. The van der Waals surface area contributed by atoms with Crippen molar-refractivity contribution in [3.8, 4) is 5.75 Å². The summed E-state index contributed by atoms with van der Waals surface area (Å²) in [4.78, 5) is 11.6. The van der Waals surface area contributed by atoms with Crippen molar-refractivity contribution < 1.29 is 9.53 Å². The van der Waals surface area contributed by atoms with Gasteiger partial charge in [0.15, 0.2) is 0 Å². The number of carbonyl (C=O) groups is 1. The number of carbonyl (C=O) groups excluding carboxylic acids is 1. The minimum absolute atomic E-state index is 0.212. The molecule has 0 saturated heterocycles. The fourth-order valence-electron chi connectivity index (χ4n) is 1.33. The highest BCUT2D eigenvalue weighted by molar-refractivity contribution is 6.32. The molecule has 0 spiro atoms. The number of ether oxygens (including phenoxy) is 1. The highest BCUT2D eigenvalue weighted by Crippen LogP contribution is 2.27. The minimum Gasteiger partial charge on any atom is -0.492 e. The molecule has 0 aliphatic heterocycles. The zero-order chi connectivity index (χ0) is 13.5. The molecule has 0 bridgehead atoms. The fraction of sp³-hybridized carbons (Fsp3) is 0.462. The van der Waals surface area contributed by atoms with Gasteiger partial charge in [-0.2, -0.15) is 0 Å². The Balaban J connectivity index is 2.69. The third-order valence-electron chi connectivity index (χ3n) is 2.44. The molecule has 0 saturated carbocycles. The van der Waals surface area contributed by atoms with Crippen molar-refractivity contribution in [2.75, 3.05) is 11.9 Å². The minimum atomic E-state index is -0.500. The maximum atomic E-state index is 11.6. The van der Waals surface area contributed by atoms with Gasteiger partial charge in [-0.25, -0.2) is 0 Å². The van der Waals surface area contributed by atoms with Crippen LogP contribution in [0.5, 0.6) is 5.75 Å². The first-order valence-corrected chi connectivity index (χ1v) is 6.45. The van der Waals surface area contributed by atoms with E-state index in [0.29, 0.717) is 29.5 Å². The summed E-state index contributed by atoms with van der Waals surface area (Å²) >= 11 is 6.05. The molecule has 1 rings (SSSR count). The van der Waals surface area contributed by atoms with Gasteiger partial charge in [-0.15, -0.1) is 0 Å². The van der Waals surface area contributed by atoms with Crippen LogP contribution in [-0.4, -0.2) is 18.6 Å². The summed E-state index contributed by atoms with van der Waals surface area (Å²) in [5.74, 6) is 0.409. The zero-order valence-corrected chi connectivity index (χ0v) is 11.5. The summed E-state index contributed by atoms with van der Waals surface area (Å²) in [5.41, 5.74) is 6.25. The number of halogens is 1. The molecule has 100 valence electrons. The maximum Gasteiger partial charge on any atom is 0.241 e. The first-order chi connectivity index (χ1) is 8.58. The van der Waals surface area contributed by atoms with Crippen LogP contribution in [0, 0.1) is 0 Å². The third kappa shape index (κ3) is 4.20. The Labute approximate surface area is 112 Å². The molecule has 0 unspecified atom stereocenters. The van der Waals surface area contributed by atoms with Crippen LogP contribution in [0.25, 0.3) is 0 Å². The van der Waals surface area contributed by atoms with Crippen LogP contribution < -0.4 is 15.8 Å². The van der Waals surface area contributed by atoms with E-state index in [4.69, 9.17) is 22.1 Å². The number of nitrogens with two attached hydrogens (primary N) is 1. The standard InChI is InChI=1S/C13H19ClN2O2/c1-3-7-18-12-6-5-9(8-10(12)14)16-13(17)11(15)4-2/h5-6,8,11H,3-4,7,15H2,1-2H3,(H,16,17)/t11-/m0/s1.